The highest BCUT2D eigenvalue weighted by molar-refractivity contribution is 5.95. The third kappa shape index (κ3) is 2.65. The van der Waals surface area contributed by atoms with Crippen molar-refractivity contribution in [3.63, 3.8) is 0 Å². The topological polar surface area (TPSA) is 66.8 Å². The zero-order valence-corrected chi connectivity index (χ0v) is 11.3. The SMILES string of the molecule is Cc1ccc(C(=O)N(C)C2COCC2C(=O)O)c(F)c1. The molecule has 0 spiro atoms. The fourth-order valence-corrected chi connectivity index (χ4v) is 2.29. The largest absolute Gasteiger partial charge is 0.481 e. The van der Waals surface area contributed by atoms with E-state index in [1.165, 1.54) is 24.1 Å². The molecule has 2 unspecified atom stereocenters. The van der Waals surface area contributed by atoms with Gasteiger partial charge in [-0.2, -0.15) is 0 Å². The van der Waals surface area contributed by atoms with E-state index in [2.05, 4.69) is 0 Å². The standard InChI is InChI=1S/C14H16FNO4/c1-8-3-4-9(11(15)5-8)13(17)16(2)12-7-20-6-10(12)14(18)19/h3-5,10,12H,6-7H2,1-2H3,(H,18,19). The van der Waals surface area contributed by atoms with Crippen molar-refractivity contribution >= 4 is 11.9 Å². The normalized spacial score (nSPS) is 21.8. The molecule has 0 aromatic heterocycles. The molecule has 1 aromatic rings. The van der Waals surface area contributed by atoms with Crippen LogP contribution in [0.4, 0.5) is 4.39 Å². The fourth-order valence-electron chi connectivity index (χ4n) is 2.29. The molecule has 1 aliphatic heterocycles. The number of ether oxygens (including phenoxy) is 1. The molecule has 1 aromatic carbocycles. The number of aliphatic carboxylic acids is 1. The van der Waals surface area contributed by atoms with Crippen molar-refractivity contribution in [2.24, 2.45) is 5.92 Å². The quantitative estimate of drug-likeness (QED) is 0.907. The van der Waals surface area contributed by atoms with Gasteiger partial charge in [0.25, 0.3) is 5.91 Å². The van der Waals surface area contributed by atoms with Crippen LogP contribution in [0.2, 0.25) is 0 Å². The van der Waals surface area contributed by atoms with Crippen molar-refractivity contribution in [2.45, 2.75) is 13.0 Å². The van der Waals surface area contributed by atoms with Gasteiger partial charge in [-0.1, -0.05) is 6.07 Å². The van der Waals surface area contributed by atoms with Crippen molar-refractivity contribution in [3.05, 3.63) is 35.1 Å². The lowest BCUT2D eigenvalue weighted by Crippen LogP contribution is -2.44. The lowest BCUT2D eigenvalue weighted by molar-refractivity contribution is -0.142. The van der Waals surface area contributed by atoms with E-state index >= 15 is 0 Å². The number of carboxylic acids is 1. The second kappa shape index (κ2) is 5.58. The number of benzene rings is 1. The Morgan fingerprint density at radius 2 is 2.10 bits per heavy atom. The van der Waals surface area contributed by atoms with E-state index in [0.717, 1.165) is 0 Å². The van der Waals surface area contributed by atoms with Crippen molar-refractivity contribution in [3.8, 4) is 0 Å². The van der Waals surface area contributed by atoms with Crippen LogP contribution >= 0.6 is 0 Å². The zero-order chi connectivity index (χ0) is 14.9. The Morgan fingerprint density at radius 1 is 1.40 bits per heavy atom. The molecule has 1 aliphatic rings. The van der Waals surface area contributed by atoms with Gasteiger partial charge in [0.1, 0.15) is 11.7 Å². The highest BCUT2D eigenvalue weighted by Crippen LogP contribution is 2.21. The first kappa shape index (κ1) is 14.5. The molecule has 2 rings (SSSR count). The van der Waals surface area contributed by atoms with Gasteiger partial charge in [0, 0.05) is 7.05 Å². The Morgan fingerprint density at radius 3 is 2.70 bits per heavy atom. The Kier molecular flexibility index (Phi) is 4.04. The summed E-state index contributed by atoms with van der Waals surface area (Å²) in [5.41, 5.74) is 0.656. The van der Waals surface area contributed by atoms with Gasteiger partial charge in [0.05, 0.1) is 24.8 Å². The summed E-state index contributed by atoms with van der Waals surface area (Å²) in [7, 11) is 1.47. The van der Waals surface area contributed by atoms with Crippen LogP contribution in [0, 0.1) is 18.7 Å². The summed E-state index contributed by atoms with van der Waals surface area (Å²) in [5, 5.41) is 9.08. The lowest BCUT2D eigenvalue weighted by Gasteiger charge is -2.26. The van der Waals surface area contributed by atoms with Crippen LogP contribution in [0.1, 0.15) is 15.9 Å². The molecule has 0 saturated carbocycles. The smallest absolute Gasteiger partial charge is 0.311 e. The molecule has 0 bridgehead atoms. The molecule has 20 heavy (non-hydrogen) atoms. The van der Waals surface area contributed by atoms with Crippen LogP contribution in [0.3, 0.4) is 0 Å². The van der Waals surface area contributed by atoms with Gasteiger partial charge in [-0.25, -0.2) is 4.39 Å². The number of hydrogen-bond acceptors (Lipinski definition) is 3. The summed E-state index contributed by atoms with van der Waals surface area (Å²) in [6.07, 6.45) is 0. The van der Waals surface area contributed by atoms with E-state index in [0.29, 0.717) is 5.56 Å². The number of carbonyl (C=O) groups is 2. The van der Waals surface area contributed by atoms with Crippen LogP contribution in [0.15, 0.2) is 18.2 Å². The van der Waals surface area contributed by atoms with Gasteiger partial charge in [-0.05, 0) is 24.6 Å². The molecular weight excluding hydrogens is 265 g/mol. The van der Waals surface area contributed by atoms with E-state index in [1.807, 2.05) is 0 Å². The van der Waals surface area contributed by atoms with Crippen molar-refractivity contribution in [1.29, 1.82) is 0 Å². The summed E-state index contributed by atoms with van der Waals surface area (Å²) < 4.78 is 18.9. The molecule has 108 valence electrons. The van der Waals surface area contributed by atoms with E-state index in [4.69, 9.17) is 9.84 Å². The Balaban J connectivity index is 2.22. The number of rotatable bonds is 3. The van der Waals surface area contributed by atoms with Gasteiger partial charge in [0.15, 0.2) is 0 Å². The van der Waals surface area contributed by atoms with Gasteiger partial charge < -0.3 is 14.7 Å². The molecule has 2 atom stereocenters. The minimum atomic E-state index is -1.02. The van der Waals surface area contributed by atoms with Crippen LogP contribution in [0.5, 0.6) is 0 Å². The number of halogens is 1. The second-order valence-electron chi connectivity index (χ2n) is 4.95. The molecule has 1 saturated heterocycles. The summed E-state index contributed by atoms with van der Waals surface area (Å²) >= 11 is 0. The number of amides is 1. The van der Waals surface area contributed by atoms with Crippen LogP contribution in [-0.4, -0.2) is 48.2 Å². The molecule has 0 aliphatic carbocycles. The number of aryl methyl sites for hydroxylation is 1. The molecule has 1 heterocycles. The van der Waals surface area contributed by atoms with Crippen molar-refractivity contribution < 1.29 is 23.8 Å². The van der Waals surface area contributed by atoms with Gasteiger partial charge in [-0.3, -0.25) is 9.59 Å². The molecular formula is C14H16FNO4. The Bertz CT molecular complexity index is 546. The Labute approximate surface area is 116 Å². The minimum Gasteiger partial charge on any atom is -0.481 e. The maximum absolute atomic E-state index is 13.8. The number of likely N-dealkylation sites (N-methyl/N-ethyl adjacent to an activating group) is 1. The van der Waals surface area contributed by atoms with Crippen molar-refractivity contribution in [1.82, 2.24) is 4.90 Å². The molecule has 5 nitrogen and oxygen atoms in total. The van der Waals surface area contributed by atoms with E-state index in [1.54, 1.807) is 13.0 Å². The summed E-state index contributed by atoms with van der Waals surface area (Å²) in [4.78, 5) is 24.6. The predicted octanol–water partition coefficient (Wildman–Crippen LogP) is 1.31. The average molecular weight is 281 g/mol. The summed E-state index contributed by atoms with van der Waals surface area (Å²) in [6, 6.07) is 3.75. The van der Waals surface area contributed by atoms with E-state index < -0.39 is 29.7 Å². The highest BCUT2D eigenvalue weighted by Gasteiger charge is 2.39. The number of nitrogens with zero attached hydrogens (tertiary/aromatic N) is 1. The number of carboxylic acid groups (broad SMARTS) is 1. The van der Waals surface area contributed by atoms with E-state index in [-0.39, 0.29) is 18.8 Å². The second-order valence-corrected chi connectivity index (χ2v) is 4.95. The Hall–Kier alpha value is -1.95. The number of carbonyl (C=O) groups excluding carboxylic acids is 1. The maximum Gasteiger partial charge on any atom is 0.311 e. The van der Waals surface area contributed by atoms with Gasteiger partial charge >= 0.3 is 5.97 Å². The molecule has 0 radical (unpaired) electrons. The first-order valence-corrected chi connectivity index (χ1v) is 6.25. The van der Waals surface area contributed by atoms with E-state index in [9.17, 15) is 14.0 Å². The van der Waals surface area contributed by atoms with Gasteiger partial charge in [0.2, 0.25) is 0 Å². The lowest BCUT2D eigenvalue weighted by atomic mass is 10.0. The molecule has 6 heteroatoms. The maximum atomic E-state index is 13.8. The average Bonchev–Trinajstić information content (AvgIpc) is 2.86. The number of hydrogen-bond donors (Lipinski definition) is 1. The zero-order valence-electron chi connectivity index (χ0n) is 11.3. The minimum absolute atomic E-state index is 0.0610. The third-order valence-corrected chi connectivity index (χ3v) is 3.54. The molecule has 1 fully saturated rings. The van der Waals surface area contributed by atoms with Crippen LogP contribution in [0.25, 0.3) is 0 Å². The summed E-state index contributed by atoms with van der Waals surface area (Å²) in [6.45, 7) is 1.94. The fraction of sp³-hybridized carbons (Fsp3) is 0.429. The van der Waals surface area contributed by atoms with Crippen LogP contribution < -0.4 is 0 Å². The molecule has 1 N–H and O–H groups in total. The third-order valence-electron chi connectivity index (χ3n) is 3.54. The first-order chi connectivity index (χ1) is 9.41. The van der Waals surface area contributed by atoms with Gasteiger partial charge in [-0.15, -0.1) is 0 Å². The van der Waals surface area contributed by atoms with Crippen LogP contribution in [-0.2, 0) is 9.53 Å². The predicted molar refractivity (Wildman–Crippen MR) is 69.0 cm³/mol. The highest BCUT2D eigenvalue weighted by atomic mass is 19.1. The summed E-state index contributed by atoms with van der Waals surface area (Å²) in [5.74, 6) is -2.94. The monoisotopic (exact) mass is 281 g/mol. The first-order valence-electron chi connectivity index (χ1n) is 6.25. The van der Waals surface area contributed by atoms with Crippen molar-refractivity contribution in [2.75, 3.05) is 20.3 Å². The molecule has 1 amide bonds.